The predicted octanol–water partition coefficient (Wildman–Crippen LogP) is 2.12. The van der Waals surface area contributed by atoms with Gasteiger partial charge in [0, 0.05) is 16.5 Å². The summed E-state index contributed by atoms with van der Waals surface area (Å²) in [7, 11) is 0. The summed E-state index contributed by atoms with van der Waals surface area (Å²) >= 11 is 3.28. The van der Waals surface area contributed by atoms with E-state index in [0.717, 1.165) is 4.47 Å². The Morgan fingerprint density at radius 2 is 2.15 bits per heavy atom. The summed E-state index contributed by atoms with van der Waals surface area (Å²) in [4.78, 5) is 23.3. The molecule has 0 aliphatic rings. The minimum atomic E-state index is -0.708. The molecular weight excluding hydrogens is 322 g/mol. The zero-order valence-corrected chi connectivity index (χ0v) is 12.5. The summed E-state index contributed by atoms with van der Waals surface area (Å²) in [5.41, 5.74) is 5.74. The summed E-state index contributed by atoms with van der Waals surface area (Å²) in [6.45, 7) is 0. The Balaban J connectivity index is 2.59. The van der Waals surface area contributed by atoms with Crippen molar-refractivity contribution in [3.05, 3.63) is 34.3 Å². The van der Waals surface area contributed by atoms with Crippen LogP contribution in [0.4, 0.5) is 0 Å². The first-order valence-electron chi connectivity index (χ1n) is 6.27. The first-order valence-corrected chi connectivity index (χ1v) is 7.06. The van der Waals surface area contributed by atoms with E-state index in [2.05, 4.69) is 21.2 Å². The maximum Gasteiger partial charge on any atom is 0.251 e. The van der Waals surface area contributed by atoms with E-state index in [-0.39, 0.29) is 5.91 Å². The number of nitrogens with one attached hydrogen (secondary N) is 1. The van der Waals surface area contributed by atoms with Gasteiger partial charge < -0.3 is 11.1 Å². The molecule has 20 heavy (non-hydrogen) atoms. The Morgan fingerprint density at radius 1 is 1.40 bits per heavy atom. The Labute approximate surface area is 126 Å². The maximum atomic E-state index is 12.0. The molecule has 2 amide bonds. The topological polar surface area (TPSA) is 96.0 Å². The van der Waals surface area contributed by atoms with Crippen molar-refractivity contribution in [1.82, 2.24) is 5.32 Å². The van der Waals surface area contributed by atoms with Gasteiger partial charge in [0.2, 0.25) is 5.91 Å². The van der Waals surface area contributed by atoms with Gasteiger partial charge in [0.05, 0.1) is 6.07 Å². The van der Waals surface area contributed by atoms with E-state index in [0.29, 0.717) is 31.2 Å². The third-order valence-corrected chi connectivity index (χ3v) is 3.26. The van der Waals surface area contributed by atoms with E-state index < -0.39 is 11.9 Å². The second kappa shape index (κ2) is 8.33. The van der Waals surface area contributed by atoms with Gasteiger partial charge in [-0.25, -0.2) is 0 Å². The molecule has 0 aromatic heterocycles. The third-order valence-electron chi connectivity index (χ3n) is 2.77. The molecule has 0 heterocycles. The number of carbonyl (C=O) groups is 2. The molecule has 1 rings (SSSR count). The summed E-state index contributed by atoms with van der Waals surface area (Å²) in [5.74, 6) is -0.902. The van der Waals surface area contributed by atoms with Gasteiger partial charge in [-0.1, -0.05) is 22.0 Å². The lowest BCUT2D eigenvalue weighted by Crippen LogP contribution is -2.44. The van der Waals surface area contributed by atoms with Crippen molar-refractivity contribution in [2.75, 3.05) is 0 Å². The monoisotopic (exact) mass is 337 g/mol. The highest BCUT2D eigenvalue weighted by Crippen LogP contribution is 2.12. The Bertz CT molecular complexity index is 525. The van der Waals surface area contributed by atoms with Gasteiger partial charge >= 0.3 is 0 Å². The van der Waals surface area contributed by atoms with Gasteiger partial charge in [-0.2, -0.15) is 5.26 Å². The number of hydrogen-bond acceptors (Lipinski definition) is 3. The van der Waals surface area contributed by atoms with Gasteiger partial charge in [-0.05, 0) is 37.5 Å². The van der Waals surface area contributed by atoms with Crippen LogP contribution in [0.25, 0.3) is 0 Å². The molecule has 0 aliphatic carbocycles. The molecule has 0 fully saturated rings. The Morgan fingerprint density at radius 3 is 2.75 bits per heavy atom. The number of halogens is 1. The predicted molar refractivity (Wildman–Crippen MR) is 78.7 cm³/mol. The Kier molecular flexibility index (Phi) is 6.74. The lowest BCUT2D eigenvalue weighted by Gasteiger charge is -2.15. The van der Waals surface area contributed by atoms with E-state index in [9.17, 15) is 9.59 Å². The molecule has 106 valence electrons. The fraction of sp³-hybridized carbons (Fsp3) is 0.357. The normalized spacial score (nSPS) is 11.4. The van der Waals surface area contributed by atoms with Crippen LogP contribution in [0.2, 0.25) is 0 Å². The van der Waals surface area contributed by atoms with Crippen molar-refractivity contribution in [3.8, 4) is 6.07 Å². The number of rotatable bonds is 7. The molecule has 0 spiro atoms. The molecule has 1 aromatic rings. The van der Waals surface area contributed by atoms with Crippen LogP contribution in [-0.4, -0.2) is 17.9 Å². The van der Waals surface area contributed by atoms with E-state index >= 15 is 0 Å². The molecule has 1 aromatic carbocycles. The smallest absolute Gasteiger partial charge is 0.251 e. The fourth-order valence-electron chi connectivity index (χ4n) is 1.71. The molecule has 0 unspecified atom stereocenters. The van der Waals surface area contributed by atoms with E-state index in [1.807, 2.05) is 12.1 Å². The van der Waals surface area contributed by atoms with Crippen LogP contribution in [0.15, 0.2) is 28.7 Å². The van der Waals surface area contributed by atoms with Crippen LogP contribution in [0.5, 0.6) is 0 Å². The minimum Gasteiger partial charge on any atom is -0.368 e. The van der Waals surface area contributed by atoms with Gasteiger partial charge in [0.15, 0.2) is 0 Å². The molecule has 6 heteroatoms. The standard InChI is InChI=1S/C14H16BrN3O2/c15-11-6-4-5-10(9-11)14(20)18-12(13(17)19)7-2-1-3-8-16/h4-6,9,12H,1-3,7H2,(H2,17,19)(H,18,20)/t12-/m1/s1. The molecule has 5 nitrogen and oxygen atoms in total. The van der Waals surface area contributed by atoms with E-state index in [1.54, 1.807) is 18.2 Å². The minimum absolute atomic E-state index is 0.338. The Hall–Kier alpha value is -1.87. The van der Waals surface area contributed by atoms with Crippen molar-refractivity contribution in [2.24, 2.45) is 5.73 Å². The number of hydrogen-bond donors (Lipinski definition) is 2. The summed E-state index contributed by atoms with van der Waals surface area (Å²) < 4.78 is 0.787. The third kappa shape index (κ3) is 5.41. The average molecular weight is 338 g/mol. The summed E-state index contributed by atoms with van der Waals surface area (Å²) in [6, 6.07) is 8.21. The fourth-order valence-corrected chi connectivity index (χ4v) is 2.11. The molecule has 3 N–H and O–H groups in total. The molecule has 0 radical (unpaired) electrons. The zero-order valence-electron chi connectivity index (χ0n) is 10.9. The summed E-state index contributed by atoms with van der Waals surface area (Å²) in [6.07, 6.45) is 2.23. The van der Waals surface area contributed by atoms with Gasteiger partial charge in [0.1, 0.15) is 6.04 Å². The van der Waals surface area contributed by atoms with Crippen LogP contribution >= 0.6 is 15.9 Å². The molecule has 0 bridgehead atoms. The van der Waals surface area contributed by atoms with Crippen molar-refractivity contribution < 1.29 is 9.59 Å². The second-order valence-electron chi connectivity index (χ2n) is 4.34. The highest BCUT2D eigenvalue weighted by Gasteiger charge is 2.18. The van der Waals surface area contributed by atoms with Crippen molar-refractivity contribution in [2.45, 2.75) is 31.7 Å². The number of amides is 2. The number of benzene rings is 1. The molecule has 0 saturated carbocycles. The number of nitriles is 1. The van der Waals surface area contributed by atoms with Crippen LogP contribution < -0.4 is 11.1 Å². The average Bonchev–Trinajstić information content (AvgIpc) is 2.41. The lowest BCUT2D eigenvalue weighted by atomic mass is 10.1. The van der Waals surface area contributed by atoms with Crippen LogP contribution in [-0.2, 0) is 4.79 Å². The molecule has 1 atom stereocenters. The highest BCUT2D eigenvalue weighted by molar-refractivity contribution is 9.10. The SMILES string of the molecule is N#CCCCC[C@@H](NC(=O)c1cccc(Br)c1)C(N)=O. The number of unbranched alkanes of at least 4 members (excludes halogenated alkanes) is 2. The maximum absolute atomic E-state index is 12.0. The number of primary amides is 1. The second-order valence-corrected chi connectivity index (χ2v) is 5.26. The van der Waals surface area contributed by atoms with E-state index in [4.69, 9.17) is 11.0 Å². The van der Waals surface area contributed by atoms with Gasteiger partial charge in [-0.15, -0.1) is 0 Å². The van der Waals surface area contributed by atoms with Crippen LogP contribution in [0.1, 0.15) is 36.0 Å². The molecule has 0 aliphatic heterocycles. The summed E-state index contributed by atoms with van der Waals surface area (Å²) in [5, 5.41) is 11.1. The van der Waals surface area contributed by atoms with Gasteiger partial charge in [0.25, 0.3) is 5.91 Å². The zero-order chi connectivity index (χ0) is 15.0. The number of carbonyl (C=O) groups excluding carboxylic acids is 2. The molecule has 0 saturated heterocycles. The van der Waals surface area contributed by atoms with Crippen LogP contribution in [0.3, 0.4) is 0 Å². The van der Waals surface area contributed by atoms with Gasteiger partial charge in [-0.3, -0.25) is 9.59 Å². The van der Waals surface area contributed by atoms with Crippen LogP contribution in [0, 0.1) is 11.3 Å². The first-order chi connectivity index (χ1) is 9.54. The lowest BCUT2D eigenvalue weighted by molar-refractivity contribution is -0.120. The molecular formula is C14H16BrN3O2. The number of nitrogens with two attached hydrogens (primary N) is 1. The number of nitrogens with zero attached hydrogens (tertiary/aromatic N) is 1. The quantitative estimate of drug-likeness (QED) is 0.745. The van der Waals surface area contributed by atoms with Crippen molar-refractivity contribution in [1.29, 1.82) is 5.26 Å². The highest BCUT2D eigenvalue weighted by atomic mass is 79.9. The van der Waals surface area contributed by atoms with E-state index in [1.165, 1.54) is 0 Å². The van der Waals surface area contributed by atoms with Crippen molar-refractivity contribution >= 4 is 27.7 Å². The largest absolute Gasteiger partial charge is 0.368 e. The van der Waals surface area contributed by atoms with Crippen molar-refractivity contribution in [3.63, 3.8) is 0 Å². The first kappa shape index (κ1) is 16.2.